The molecular weight excluding hydrogens is 454 g/mol. The molecule has 178 valence electrons. The Balaban J connectivity index is 1.55. The number of pyridine rings is 1. The fourth-order valence-corrected chi connectivity index (χ4v) is 6.29. The summed E-state index contributed by atoms with van der Waals surface area (Å²) in [4.78, 5) is 32.0. The Morgan fingerprint density at radius 2 is 1.77 bits per heavy atom. The number of anilines is 1. The van der Waals surface area contributed by atoms with E-state index in [1.165, 1.54) is 11.3 Å². The first kappa shape index (κ1) is 23.2. The number of para-hydroxylation sites is 1. The average Bonchev–Trinajstić information content (AvgIpc) is 3.20. The lowest BCUT2D eigenvalue weighted by molar-refractivity contribution is 0.1000. The van der Waals surface area contributed by atoms with Gasteiger partial charge in [0.1, 0.15) is 5.00 Å². The molecule has 0 saturated carbocycles. The standard InChI is InChI=1S/C29H29N3O2S/c1-29(2,3)18-13-14-20-24(15-18)35-28(25(20)26(30)33)32-27(34)21-16-23(17-9-5-4-6-10-17)31-22-12-8-7-11-19(21)22/h4-12,16,18H,13-15H2,1-3H3,(H2,30,33)(H,32,34)/t18-/m1/s1. The first-order chi connectivity index (χ1) is 16.7. The lowest BCUT2D eigenvalue weighted by Gasteiger charge is -2.33. The Morgan fingerprint density at radius 1 is 1.06 bits per heavy atom. The number of nitrogens with one attached hydrogen (secondary N) is 1. The van der Waals surface area contributed by atoms with Crippen LogP contribution in [0.1, 0.15) is 58.3 Å². The minimum Gasteiger partial charge on any atom is -0.365 e. The Morgan fingerprint density at radius 3 is 2.49 bits per heavy atom. The van der Waals surface area contributed by atoms with Crippen LogP contribution in [0.3, 0.4) is 0 Å². The summed E-state index contributed by atoms with van der Waals surface area (Å²) in [6, 6.07) is 19.2. The molecular formula is C29H29N3O2S. The lowest BCUT2D eigenvalue weighted by Crippen LogP contribution is -2.27. The number of aromatic nitrogens is 1. The van der Waals surface area contributed by atoms with Crippen molar-refractivity contribution in [3.05, 3.63) is 82.2 Å². The summed E-state index contributed by atoms with van der Waals surface area (Å²) in [5.41, 5.74) is 10.4. The molecule has 0 saturated heterocycles. The number of amides is 2. The summed E-state index contributed by atoms with van der Waals surface area (Å²) in [5, 5.41) is 4.35. The Labute approximate surface area is 209 Å². The number of primary amides is 1. The van der Waals surface area contributed by atoms with Crippen LogP contribution in [0.25, 0.3) is 22.2 Å². The molecule has 4 aromatic rings. The number of nitrogens with zero attached hydrogens (tertiary/aromatic N) is 1. The van der Waals surface area contributed by atoms with Crippen molar-refractivity contribution in [3.63, 3.8) is 0 Å². The van der Waals surface area contributed by atoms with E-state index in [2.05, 4.69) is 26.1 Å². The van der Waals surface area contributed by atoms with E-state index in [1.807, 2.05) is 60.7 Å². The van der Waals surface area contributed by atoms with Gasteiger partial charge in [0.25, 0.3) is 11.8 Å². The van der Waals surface area contributed by atoms with E-state index in [0.717, 1.165) is 51.9 Å². The summed E-state index contributed by atoms with van der Waals surface area (Å²) < 4.78 is 0. The van der Waals surface area contributed by atoms with Crippen molar-refractivity contribution in [2.45, 2.75) is 40.0 Å². The zero-order valence-corrected chi connectivity index (χ0v) is 21.0. The van der Waals surface area contributed by atoms with Crippen LogP contribution in [0.15, 0.2) is 60.7 Å². The van der Waals surface area contributed by atoms with Crippen LogP contribution < -0.4 is 11.1 Å². The van der Waals surface area contributed by atoms with E-state index in [9.17, 15) is 9.59 Å². The van der Waals surface area contributed by atoms with Crippen molar-refractivity contribution in [1.29, 1.82) is 0 Å². The first-order valence-electron chi connectivity index (χ1n) is 11.9. The summed E-state index contributed by atoms with van der Waals surface area (Å²) in [6.45, 7) is 6.77. The third kappa shape index (κ3) is 4.46. The normalized spacial score (nSPS) is 15.6. The first-order valence-corrected chi connectivity index (χ1v) is 12.7. The van der Waals surface area contributed by atoms with Crippen molar-refractivity contribution in [1.82, 2.24) is 4.98 Å². The van der Waals surface area contributed by atoms with Gasteiger partial charge in [-0.1, -0.05) is 69.3 Å². The van der Waals surface area contributed by atoms with Crippen molar-refractivity contribution in [2.24, 2.45) is 17.1 Å². The highest BCUT2D eigenvalue weighted by atomic mass is 32.1. The molecule has 2 amide bonds. The number of hydrogen-bond acceptors (Lipinski definition) is 4. The van der Waals surface area contributed by atoms with Crippen molar-refractivity contribution >= 4 is 39.1 Å². The minimum atomic E-state index is -0.489. The van der Waals surface area contributed by atoms with Crippen LogP contribution in [0.5, 0.6) is 0 Å². The molecule has 5 rings (SSSR count). The van der Waals surface area contributed by atoms with Crippen LogP contribution in [0.2, 0.25) is 0 Å². The fraction of sp³-hybridized carbons (Fsp3) is 0.276. The van der Waals surface area contributed by atoms with E-state index in [1.54, 1.807) is 0 Å². The third-order valence-electron chi connectivity index (χ3n) is 6.99. The second-order valence-corrected chi connectivity index (χ2v) is 11.4. The predicted octanol–water partition coefficient (Wildman–Crippen LogP) is 6.47. The molecule has 0 radical (unpaired) electrons. The van der Waals surface area contributed by atoms with E-state index in [0.29, 0.717) is 22.0 Å². The van der Waals surface area contributed by atoms with Crippen molar-refractivity contribution in [2.75, 3.05) is 5.32 Å². The molecule has 1 atom stereocenters. The topological polar surface area (TPSA) is 85.1 Å². The van der Waals surface area contributed by atoms with Crippen LogP contribution in [0, 0.1) is 11.3 Å². The SMILES string of the molecule is CC(C)(C)[C@@H]1CCc2c(sc(NC(=O)c3cc(-c4ccccc4)nc4ccccc34)c2C(N)=O)C1. The van der Waals surface area contributed by atoms with E-state index >= 15 is 0 Å². The molecule has 2 aromatic carbocycles. The Kier molecular flexibility index (Phi) is 5.93. The molecule has 5 nitrogen and oxygen atoms in total. The monoisotopic (exact) mass is 483 g/mol. The summed E-state index contributed by atoms with van der Waals surface area (Å²) in [6.07, 6.45) is 2.71. The summed E-state index contributed by atoms with van der Waals surface area (Å²) in [5.74, 6) is -0.235. The second-order valence-electron chi connectivity index (χ2n) is 10.3. The second kappa shape index (κ2) is 8.93. The van der Waals surface area contributed by atoms with Crippen LogP contribution in [0.4, 0.5) is 5.00 Å². The van der Waals surface area contributed by atoms with Gasteiger partial charge in [0.15, 0.2) is 0 Å². The number of benzene rings is 2. The number of thiophene rings is 1. The van der Waals surface area contributed by atoms with Gasteiger partial charge < -0.3 is 11.1 Å². The quantitative estimate of drug-likeness (QED) is 0.349. The molecule has 35 heavy (non-hydrogen) atoms. The van der Waals surface area contributed by atoms with Gasteiger partial charge in [-0.3, -0.25) is 9.59 Å². The van der Waals surface area contributed by atoms with Gasteiger partial charge in [0, 0.05) is 15.8 Å². The lowest BCUT2D eigenvalue weighted by atomic mass is 9.72. The molecule has 2 heterocycles. The number of hydrogen-bond donors (Lipinski definition) is 2. The van der Waals surface area contributed by atoms with Gasteiger partial charge in [-0.2, -0.15) is 0 Å². The van der Waals surface area contributed by atoms with E-state index in [4.69, 9.17) is 10.7 Å². The molecule has 1 aliphatic carbocycles. The van der Waals surface area contributed by atoms with Gasteiger partial charge in [-0.15, -0.1) is 11.3 Å². The van der Waals surface area contributed by atoms with E-state index in [-0.39, 0.29) is 11.3 Å². The van der Waals surface area contributed by atoms with Gasteiger partial charge >= 0.3 is 0 Å². The van der Waals surface area contributed by atoms with E-state index < -0.39 is 5.91 Å². The molecule has 6 heteroatoms. The highest BCUT2D eigenvalue weighted by Gasteiger charge is 2.33. The summed E-state index contributed by atoms with van der Waals surface area (Å²) in [7, 11) is 0. The average molecular weight is 484 g/mol. The number of rotatable bonds is 4. The maximum atomic E-state index is 13.6. The largest absolute Gasteiger partial charge is 0.365 e. The Bertz CT molecular complexity index is 1430. The molecule has 0 aliphatic heterocycles. The predicted molar refractivity (Wildman–Crippen MR) is 143 cm³/mol. The molecule has 0 bridgehead atoms. The highest BCUT2D eigenvalue weighted by molar-refractivity contribution is 7.17. The number of carbonyl (C=O) groups is 2. The molecule has 2 aromatic heterocycles. The van der Waals surface area contributed by atoms with Crippen molar-refractivity contribution < 1.29 is 9.59 Å². The third-order valence-corrected chi connectivity index (χ3v) is 8.16. The molecule has 0 fully saturated rings. The number of carbonyl (C=O) groups excluding carboxylic acids is 2. The van der Waals surface area contributed by atoms with Gasteiger partial charge in [-0.05, 0) is 48.3 Å². The molecule has 0 unspecified atom stereocenters. The minimum absolute atomic E-state index is 0.182. The van der Waals surface area contributed by atoms with Gasteiger partial charge in [0.05, 0.1) is 22.3 Å². The smallest absolute Gasteiger partial charge is 0.257 e. The number of nitrogens with two attached hydrogens (primary N) is 1. The maximum Gasteiger partial charge on any atom is 0.257 e. The maximum absolute atomic E-state index is 13.6. The fourth-order valence-electron chi connectivity index (χ4n) is 4.96. The van der Waals surface area contributed by atoms with Crippen LogP contribution in [-0.4, -0.2) is 16.8 Å². The summed E-state index contributed by atoms with van der Waals surface area (Å²) >= 11 is 1.49. The van der Waals surface area contributed by atoms with Crippen molar-refractivity contribution in [3.8, 4) is 11.3 Å². The molecule has 0 spiro atoms. The number of fused-ring (bicyclic) bond motifs is 2. The van der Waals surface area contributed by atoms with Crippen LogP contribution >= 0.6 is 11.3 Å². The van der Waals surface area contributed by atoms with Crippen LogP contribution in [-0.2, 0) is 12.8 Å². The zero-order chi connectivity index (χ0) is 24.7. The molecule has 3 N–H and O–H groups in total. The van der Waals surface area contributed by atoms with Gasteiger partial charge in [0.2, 0.25) is 0 Å². The molecule has 1 aliphatic rings. The van der Waals surface area contributed by atoms with Gasteiger partial charge in [-0.25, -0.2) is 4.98 Å². The Hall–Kier alpha value is -3.51. The zero-order valence-electron chi connectivity index (χ0n) is 20.2. The highest BCUT2D eigenvalue weighted by Crippen LogP contribution is 2.44.